The first-order valence-corrected chi connectivity index (χ1v) is 4.39. The third-order valence-corrected chi connectivity index (χ3v) is 1.95. The molecule has 0 aliphatic rings. The third kappa shape index (κ3) is 3.19. The van der Waals surface area contributed by atoms with Crippen LogP contribution in [0, 0.1) is 0 Å². The van der Waals surface area contributed by atoms with E-state index in [1.807, 2.05) is 30.5 Å². The van der Waals surface area contributed by atoms with Gasteiger partial charge in [-0.1, -0.05) is 36.4 Å². The van der Waals surface area contributed by atoms with Crippen molar-refractivity contribution in [2.45, 2.75) is 6.42 Å². The first-order chi connectivity index (χ1) is 6.45. The van der Waals surface area contributed by atoms with Crippen LogP contribution >= 0.6 is 0 Å². The summed E-state index contributed by atoms with van der Waals surface area (Å²) in [5.41, 5.74) is 2.43. The average molecular weight is 381 g/mol. The van der Waals surface area contributed by atoms with E-state index in [4.69, 9.17) is 0 Å². The normalized spacial score (nSPS) is 9.14. The summed E-state index contributed by atoms with van der Waals surface area (Å²) in [5.74, 6) is 0. The van der Waals surface area contributed by atoms with Gasteiger partial charge in [-0.25, -0.2) is 0 Å². The fraction of sp³-hybridized carbons (Fsp3) is 0.0833. The Labute approximate surface area is 103 Å². The number of rotatable bonds is 2. The summed E-state index contributed by atoms with van der Waals surface area (Å²) >= 11 is 0. The molecule has 0 atom stereocenters. The quantitative estimate of drug-likeness (QED) is 0.719. The molecule has 2 aromatic rings. The van der Waals surface area contributed by atoms with Crippen molar-refractivity contribution in [3.05, 3.63) is 66.0 Å². The SMILES string of the molecule is [BiH3].c1ccc(Cc2ccccn2)cc1. The van der Waals surface area contributed by atoms with Crippen molar-refractivity contribution in [2.24, 2.45) is 0 Å². The van der Waals surface area contributed by atoms with Gasteiger partial charge in [-0.3, -0.25) is 4.98 Å². The summed E-state index contributed by atoms with van der Waals surface area (Å²) < 4.78 is 0. The molecule has 1 nitrogen and oxygen atoms in total. The van der Waals surface area contributed by atoms with Crippen molar-refractivity contribution in [3.8, 4) is 0 Å². The second-order valence-corrected chi connectivity index (χ2v) is 2.98. The van der Waals surface area contributed by atoms with Gasteiger partial charge in [0, 0.05) is 18.3 Å². The van der Waals surface area contributed by atoms with Crippen molar-refractivity contribution < 1.29 is 0 Å². The summed E-state index contributed by atoms with van der Waals surface area (Å²) in [6, 6.07) is 16.4. The van der Waals surface area contributed by atoms with Crippen molar-refractivity contribution >= 4 is 26.2 Å². The molecular formula is C12H14BiN. The zero-order valence-electron chi connectivity index (χ0n) is 8.06. The zero-order valence-corrected chi connectivity index (χ0v) is 13.6. The molecular weight excluding hydrogens is 367 g/mol. The Balaban J connectivity index is 0.000000980. The van der Waals surface area contributed by atoms with Gasteiger partial charge in [0.15, 0.2) is 0 Å². The Morgan fingerprint density at radius 1 is 0.857 bits per heavy atom. The van der Waals surface area contributed by atoms with Crippen LogP contribution in [0.25, 0.3) is 0 Å². The average Bonchev–Trinajstić information content (AvgIpc) is 2.21. The van der Waals surface area contributed by atoms with E-state index in [0.29, 0.717) is 0 Å². The largest absolute Gasteiger partial charge is 0.261 e. The van der Waals surface area contributed by atoms with Gasteiger partial charge >= 0.3 is 26.2 Å². The zero-order chi connectivity index (χ0) is 8.93. The number of benzene rings is 1. The van der Waals surface area contributed by atoms with Crippen LogP contribution in [0.5, 0.6) is 0 Å². The molecule has 0 spiro atoms. The van der Waals surface area contributed by atoms with Crippen LogP contribution in [-0.4, -0.2) is 31.2 Å². The number of hydrogen-bond acceptors (Lipinski definition) is 1. The molecule has 0 radical (unpaired) electrons. The van der Waals surface area contributed by atoms with Crippen LogP contribution in [0.3, 0.4) is 0 Å². The van der Waals surface area contributed by atoms with E-state index in [9.17, 15) is 0 Å². The molecule has 0 saturated heterocycles. The van der Waals surface area contributed by atoms with E-state index in [-0.39, 0.29) is 26.2 Å². The van der Waals surface area contributed by atoms with E-state index in [0.717, 1.165) is 12.1 Å². The second kappa shape index (κ2) is 5.87. The smallest absolute Gasteiger partial charge is 0.0447 e. The molecule has 0 saturated carbocycles. The molecule has 1 aromatic carbocycles. The fourth-order valence-electron chi connectivity index (χ4n) is 1.31. The molecule has 0 unspecified atom stereocenters. The number of aromatic nitrogens is 1. The van der Waals surface area contributed by atoms with Gasteiger partial charge in [-0.2, -0.15) is 0 Å². The number of pyridine rings is 1. The standard InChI is InChI=1S/C12H11N.Bi.3H/c1-2-6-11(7-3-1)10-12-8-4-5-9-13-12;;;;/h1-9H,10H2;;;;. The maximum atomic E-state index is 4.27. The summed E-state index contributed by atoms with van der Waals surface area (Å²) in [5, 5.41) is 0. The minimum atomic E-state index is 0. The molecule has 0 aliphatic carbocycles. The van der Waals surface area contributed by atoms with E-state index in [1.165, 1.54) is 5.56 Å². The molecule has 1 heterocycles. The van der Waals surface area contributed by atoms with E-state index in [1.54, 1.807) is 0 Å². The molecule has 0 fully saturated rings. The Hall–Kier alpha value is -0.747. The van der Waals surface area contributed by atoms with Crippen LogP contribution in [0.15, 0.2) is 54.7 Å². The number of hydrogen-bond donors (Lipinski definition) is 0. The molecule has 1 aromatic heterocycles. The van der Waals surface area contributed by atoms with Crippen LogP contribution < -0.4 is 0 Å². The maximum Gasteiger partial charge on any atom is 0.0447 e. The minimum Gasteiger partial charge on any atom is -0.261 e. The number of nitrogens with zero attached hydrogens (tertiary/aromatic N) is 1. The van der Waals surface area contributed by atoms with Gasteiger partial charge in [0.2, 0.25) is 0 Å². The minimum absolute atomic E-state index is 0. The predicted molar refractivity (Wildman–Crippen MR) is 63.4 cm³/mol. The van der Waals surface area contributed by atoms with Crippen LogP contribution in [0.2, 0.25) is 0 Å². The fourth-order valence-corrected chi connectivity index (χ4v) is 1.31. The monoisotopic (exact) mass is 381 g/mol. The van der Waals surface area contributed by atoms with Crippen LogP contribution in [0.1, 0.15) is 11.3 Å². The molecule has 72 valence electrons. The van der Waals surface area contributed by atoms with Crippen molar-refractivity contribution in [1.82, 2.24) is 4.98 Å². The molecule has 0 N–H and O–H groups in total. The second-order valence-electron chi connectivity index (χ2n) is 2.98. The molecule has 0 amide bonds. The maximum absolute atomic E-state index is 4.27. The third-order valence-electron chi connectivity index (χ3n) is 1.95. The summed E-state index contributed by atoms with van der Waals surface area (Å²) in [4.78, 5) is 4.27. The molecule has 0 bridgehead atoms. The molecule has 2 heteroatoms. The Morgan fingerprint density at radius 2 is 1.57 bits per heavy atom. The van der Waals surface area contributed by atoms with Crippen molar-refractivity contribution in [1.29, 1.82) is 0 Å². The van der Waals surface area contributed by atoms with E-state index in [2.05, 4.69) is 29.2 Å². The molecule has 2 rings (SSSR count). The van der Waals surface area contributed by atoms with E-state index < -0.39 is 0 Å². The summed E-state index contributed by atoms with van der Waals surface area (Å²) in [7, 11) is 0. The predicted octanol–water partition coefficient (Wildman–Crippen LogP) is 1.49. The van der Waals surface area contributed by atoms with Crippen molar-refractivity contribution in [2.75, 3.05) is 0 Å². The van der Waals surface area contributed by atoms with Gasteiger partial charge in [0.05, 0.1) is 0 Å². The Morgan fingerprint density at radius 3 is 2.21 bits per heavy atom. The molecule has 14 heavy (non-hydrogen) atoms. The Bertz CT molecular complexity index is 321. The van der Waals surface area contributed by atoms with Crippen LogP contribution in [0.4, 0.5) is 0 Å². The molecule has 0 aliphatic heterocycles. The first-order valence-electron chi connectivity index (χ1n) is 4.39. The van der Waals surface area contributed by atoms with Gasteiger partial charge in [0.1, 0.15) is 0 Å². The first kappa shape index (κ1) is 11.3. The van der Waals surface area contributed by atoms with Gasteiger partial charge < -0.3 is 0 Å². The topological polar surface area (TPSA) is 12.9 Å². The van der Waals surface area contributed by atoms with E-state index >= 15 is 0 Å². The summed E-state index contributed by atoms with van der Waals surface area (Å²) in [6.07, 6.45) is 2.75. The summed E-state index contributed by atoms with van der Waals surface area (Å²) in [6.45, 7) is 0. The Kier molecular flexibility index (Phi) is 4.75. The van der Waals surface area contributed by atoms with Gasteiger partial charge in [-0.05, 0) is 17.7 Å². The van der Waals surface area contributed by atoms with Gasteiger partial charge in [0.25, 0.3) is 0 Å². The van der Waals surface area contributed by atoms with Crippen molar-refractivity contribution in [3.63, 3.8) is 0 Å². The van der Waals surface area contributed by atoms with Gasteiger partial charge in [-0.15, -0.1) is 0 Å². The van der Waals surface area contributed by atoms with Crippen LogP contribution in [-0.2, 0) is 6.42 Å².